The molecular weight excluding hydrogens is 314 g/mol. The summed E-state index contributed by atoms with van der Waals surface area (Å²) in [6, 6.07) is -1.00. The van der Waals surface area contributed by atoms with E-state index in [1.807, 2.05) is 6.08 Å². The van der Waals surface area contributed by atoms with Crippen LogP contribution in [0.25, 0.3) is 0 Å². The van der Waals surface area contributed by atoms with Crippen LogP contribution < -0.4 is 5.73 Å². The molecule has 25 heavy (non-hydrogen) atoms. The highest BCUT2D eigenvalue weighted by atomic mass is 16.5. The largest absolute Gasteiger partial charge is 0.462 e. The van der Waals surface area contributed by atoms with Crippen LogP contribution >= 0.6 is 0 Å². The monoisotopic (exact) mass is 355 g/mol. The van der Waals surface area contributed by atoms with E-state index in [1.54, 1.807) is 19.9 Å². The summed E-state index contributed by atoms with van der Waals surface area (Å²) in [5.41, 5.74) is 5.68. The predicted octanol–water partition coefficient (Wildman–Crippen LogP) is 4.88. The molecule has 0 saturated carbocycles. The molecule has 0 unspecified atom stereocenters. The molecule has 0 amide bonds. The average molecular weight is 356 g/mol. The molecule has 0 aliphatic carbocycles. The van der Waals surface area contributed by atoms with Crippen molar-refractivity contribution in [1.29, 1.82) is 0 Å². The molecule has 0 rings (SSSR count). The number of hydrogen-bond donors (Lipinski definition) is 2. The number of esters is 1. The van der Waals surface area contributed by atoms with Gasteiger partial charge >= 0.3 is 5.97 Å². The number of rotatable bonds is 16. The first-order valence-corrected chi connectivity index (χ1v) is 10.3. The Labute approximate surface area is 155 Å². The maximum Gasteiger partial charge on any atom is 0.326 e. The third kappa shape index (κ3) is 15.1. The number of hydrogen-bond acceptors (Lipinski definition) is 4. The van der Waals surface area contributed by atoms with E-state index in [2.05, 4.69) is 6.92 Å². The highest BCUT2D eigenvalue weighted by Crippen LogP contribution is 2.12. The number of ether oxygens (including phenoxy) is 1. The molecule has 0 heterocycles. The minimum Gasteiger partial charge on any atom is -0.462 e. The predicted molar refractivity (Wildman–Crippen MR) is 105 cm³/mol. The Balaban J connectivity index is 3.52. The van der Waals surface area contributed by atoms with Crippen LogP contribution in [0, 0.1) is 0 Å². The van der Waals surface area contributed by atoms with Gasteiger partial charge in [0.1, 0.15) is 6.04 Å². The van der Waals surface area contributed by atoms with Crippen LogP contribution in [-0.2, 0) is 9.53 Å². The Morgan fingerprint density at radius 2 is 1.44 bits per heavy atom. The van der Waals surface area contributed by atoms with Gasteiger partial charge in [0.05, 0.1) is 12.2 Å². The fourth-order valence-electron chi connectivity index (χ4n) is 2.73. The lowest BCUT2D eigenvalue weighted by Crippen LogP contribution is -2.42. The summed E-state index contributed by atoms with van der Waals surface area (Å²) >= 11 is 0. The molecule has 148 valence electrons. The molecule has 0 aromatic carbocycles. The molecule has 0 aliphatic heterocycles. The summed E-state index contributed by atoms with van der Waals surface area (Å²) < 4.78 is 4.99. The van der Waals surface area contributed by atoms with Gasteiger partial charge in [-0.2, -0.15) is 0 Å². The molecule has 2 atom stereocenters. The molecule has 0 fully saturated rings. The van der Waals surface area contributed by atoms with Crippen molar-refractivity contribution < 1.29 is 14.6 Å². The van der Waals surface area contributed by atoms with Crippen molar-refractivity contribution in [3.63, 3.8) is 0 Å². The number of allylic oxidation sites excluding steroid dienone is 1. The Morgan fingerprint density at radius 1 is 0.960 bits per heavy atom. The van der Waals surface area contributed by atoms with Gasteiger partial charge in [-0.15, -0.1) is 0 Å². The van der Waals surface area contributed by atoms with Gasteiger partial charge < -0.3 is 15.6 Å². The molecule has 4 heteroatoms. The molecule has 0 aromatic heterocycles. The normalized spacial score (nSPS) is 14.2. The Bertz CT molecular complexity index is 342. The van der Waals surface area contributed by atoms with Crippen LogP contribution in [0.4, 0.5) is 0 Å². The summed E-state index contributed by atoms with van der Waals surface area (Å²) in [5.74, 6) is -0.554. The van der Waals surface area contributed by atoms with E-state index in [1.165, 1.54) is 64.2 Å². The van der Waals surface area contributed by atoms with E-state index in [0.717, 1.165) is 12.8 Å². The van der Waals surface area contributed by atoms with Gasteiger partial charge in [0, 0.05) is 0 Å². The fraction of sp³-hybridized carbons (Fsp3) is 0.857. The van der Waals surface area contributed by atoms with E-state index < -0.39 is 18.1 Å². The van der Waals surface area contributed by atoms with Crippen molar-refractivity contribution in [3.8, 4) is 0 Å². The molecule has 4 nitrogen and oxygen atoms in total. The van der Waals surface area contributed by atoms with Gasteiger partial charge in [-0.3, -0.25) is 4.79 Å². The van der Waals surface area contributed by atoms with E-state index in [9.17, 15) is 9.90 Å². The molecule has 0 saturated heterocycles. The van der Waals surface area contributed by atoms with Crippen LogP contribution in [0.15, 0.2) is 12.2 Å². The van der Waals surface area contributed by atoms with E-state index >= 15 is 0 Å². The van der Waals surface area contributed by atoms with Crippen molar-refractivity contribution in [3.05, 3.63) is 12.2 Å². The van der Waals surface area contributed by atoms with Gasteiger partial charge in [0.25, 0.3) is 0 Å². The molecule has 0 aromatic rings. The molecule has 0 aliphatic rings. The molecule has 0 radical (unpaired) electrons. The highest BCUT2D eigenvalue weighted by molar-refractivity contribution is 5.76. The SMILES string of the molecule is CCCCCCCCCCCCCC=C[C@@H](O)[C@@H](N)C(=O)OC(C)C. The lowest BCUT2D eigenvalue weighted by molar-refractivity contribution is -0.150. The van der Waals surface area contributed by atoms with Crippen LogP contribution in [-0.4, -0.2) is 29.3 Å². The zero-order chi connectivity index (χ0) is 18.9. The van der Waals surface area contributed by atoms with Gasteiger partial charge in [-0.05, 0) is 26.7 Å². The van der Waals surface area contributed by atoms with Crippen molar-refractivity contribution in [2.24, 2.45) is 5.73 Å². The number of aliphatic hydroxyl groups excluding tert-OH is 1. The van der Waals surface area contributed by atoms with Crippen LogP contribution in [0.1, 0.15) is 97.8 Å². The molecule has 0 bridgehead atoms. The average Bonchev–Trinajstić information content (AvgIpc) is 2.57. The van der Waals surface area contributed by atoms with Crippen LogP contribution in [0.2, 0.25) is 0 Å². The second-order valence-electron chi connectivity index (χ2n) is 7.25. The van der Waals surface area contributed by atoms with Crippen molar-refractivity contribution >= 4 is 5.97 Å². The van der Waals surface area contributed by atoms with Crippen molar-refractivity contribution in [2.75, 3.05) is 0 Å². The summed E-state index contributed by atoms with van der Waals surface area (Å²) in [7, 11) is 0. The Kier molecular flexibility index (Phi) is 16.0. The first-order chi connectivity index (χ1) is 12.0. The number of carbonyl (C=O) groups excluding carboxylic acids is 1. The topological polar surface area (TPSA) is 72.5 Å². The number of aliphatic hydroxyl groups is 1. The summed E-state index contributed by atoms with van der Waals surface area (Å²) in [6.45, 7) is 5.78. The number of unbranched alkanes of at least 4 members (excludes halogenated alkanes) is 11. The zero-order valence-electron chi connectivity index (χ0n) is 16.7. The first-order valence-electron chi connectivity index (χ1n) is 10.3. The highest BCUT2D eigenvalue weighted by Gasteiger charge is 2.22. The second-order valence-corrected chi connectivity index (χ2v) is 7.25. The minimum atomic E-state index is -1.00. The summed E-state index contributed by atoms with van der Waals surface area (Å²) in [6.07, 6.45) is 17.8. The Morgan fingerprint density at radius 3 is 1.92 bits per heavy atom. The fourth-order valence-corrected chi connectivity index (χ4v) is 2.73. The lowest BCUT2D eigenvalue weighted by Gasteiger charge is -2.16. The second kappa shape index (κ2) is 16.6. The summed E-state index contributed by atoms with van der Waals surface area (Å²) in [4.78, 5) is 11.6. The lowest BCUT2D eigenvalue weighted by atomic mass is 10.0. The molecule has 0 spiro atoms. The van der Waals surface area contributed by atoms with E-state index in [4.69, 9.17) is 10.5 Å². The van der Waals surface area contributed by atoms with Crippen molar-refractivity contribution in [2.45, 2.75) is 116 Å². The maximum absolute atomic E-state index is 11.6. The van der Waals surface area contributed by atoms with Crippen LogP contribution in [0.5, 0.6) is 0 Å². The van der Waals surface area contributed by atoms with Crippen LogP contribution in [0.3, 0.4) is 0 Å². The minimum absolute atomic E-state index is 0.217. The quantitative estimate of drug-likeness (QED) is 0.235. The first kappa shape index (κ1) is 24.1. The summed E-state index contributed by atoms with van der Waals surface area (Å²) in [5, 5.41) is 9.87. The third-order valence-electron chi connectivity index (χ3n) is 4.30. The van der Waals surface area contributed by atoms with Gasteiger partial charge in [-0.25, -0.2) is 0 Å². The number of nitrogens with two attached hydrogens (primary N) is 1. The third-order valence-corrected chi connectivity index (χ3v) is 4.30. The standard InChI is InChI=1S/C21H41NO3/c1-4-5-6-7-8-9-10-11-12-13-14-15-16-17-19(23)20(22)21(24)25-18(2)3/h16-20,23H,4-15,22H2,1-3H3/t19-,20-/m1/s1. The van der Waals surface area contributed by atoms with Gasteiger partial charge in [0.15, 0.2) is 0 Å². The smallest absolute Gasteiger partial charge is 0.326 e. The molecular formula is C21H41NO3. The molecule has 3 N–H and O–H groups in total. The number of carbonyl (C=O) groups is 1. The van der Waals surface area contributed by atoms with Gasteiger partial charge in [0.2, 0.25) is 0 Å². The maximum atomic E-state index is 11.6. The van der Waals surface area contributed by atoms with Gasteiger partial charge in [-0.1, -0.05) is 83.3 Å². The van der Waals surface area contributed by atoms with E-state index in [0.29, 0.717) is 0 Å². The van der Waals surface area contributed by atoms with Crippen molar-refractivity contribution in [1.82, 2.24) is 0 Å². The zero-order valence-corrected chi connectivity index (χ0v) is 16.7. The van der Waals surface area contributed by atoms with E-state index in [-0.39, 0.29) is 6.10 Å². The Hall–Kier alpha value is -0.870.